The van der Waals surface area contributed by atoms with Gasteiger partial charge in [0.25, 0.3) is 0 Å². The van der Waals surface area contributed by atoms with E-state index < -0.39 is 0 Å². The van der Waals surface area contributed by atoms with Gasteiger partial charge in [0.2, 0.25) is 5.91 Å². The van der Waals surface area contributed by atoms with E-state index in [4.69, 9.17) is 5.11 Å². The lowest BCUT2D eigenvalue weighted by Crippen LogP contribution is -2.31. The number of hydrogen-bond acceptors (Lipinski definition) is 2. The molecule has 0 rings (SSSR count). The number of nitrogens with zero attached hydrogens (tertiary/aromatic N) is 1. The number of carbonyl (C=O) groups is 1. The summed E-state index contributed by atoms with van der Waals surface area (Å²) >= 11 is 0. The van der Waals surface area contributed by atoms with Gasteiger partial charge in [-0.3, -0.25) is 4.79 Å². The average molecular weight is 173 g/mol. The molecule has 1 amide bonds. The molecular formula is C9H19NO2. The third-order valence-corrected chi connectivity index (χ3v) is 1.77. The van der Waals surface area contributed by atoms with Gasteiger partial charge in [0, 0.05) is 26.1 Å². The topological polar surface area (TPSA) is 40.5 Å². The maximum atomic E-state index is 11.3. The van der Waals surface area contributed by atoms with Crippen molar-refractivity contribution in [2.24, 2.45) is 5.92 Å². The monoisotopic (exact) mass is 173 g/mol. The van der Waals surface area contributed by atoms with Crippen molar-refractivity contribution >= 4 is 5.91 Å². The maximum Gasteiger partial charge on any atom is 0.224 e. The van der Waals surface area contributed by atoms with Gasteiger partial charge in [0.15, 0.2) is 0 Å². The zero-order chi connectivity index (χ0) is 9.56. The van der Waals surface area contributed by atoms with Crippen LogP contribution in [0.15, 0.2) is 0 Å². The Kier molecular flexibility index (Phi) is 5.72. The lowest BCUT2D eigenvalue weighted by Gasteiger charge is -2.18. The number of amides is 1. The fourth-order valence-corrected chi connectivity index (χ4v) is 1.01. The molecule has 0 saturated heterocycles. The van der Waals surface area contributed by atoms with Gasteiger partial charge in [-0.25, -0.2) is 0 Å². The summed E-state index contributed by atoms with van der Waals surface area (Å²) in [5.74, 6) is 0.247. The largest absolute Gasteiger partial charge is 0.396 e. The minimum Gasteiger partial charge on any atom is -0.396 e. The second kappa shape index (κ2) is 6.00. The lowest BCUT2D eigenvalue weighted by molar-refractivity contribution is -0.133. The van der Waals surface area contributed by atoms with Crippen molar-refractivity contribution in [3.8, 4) is 0 Å². The van der Waals surface area contributed by atoms with Crippen LogP contribution < -0.4 is 0 Å². The van der Waals surface area contributed by atoms with Crippen LogP contribution in [0.3, 0.4) is 0 Å². The molecule has 0 aromatic rings. The van der Waals surface area contributed by atoms with Crippen molar-refractivity contribution in [2.75, 3.05) is 20.2 Å². The van der Waals surface area contributed by atoms with Gasteiger partial charge in [0.1, 0.15) is 0 Å². The average Bonchev–Trinajstić information content (AvgIpc) is 2.03. The fourth-order valence-electron chi connectivity index (χ4n) is 1.01. The molecule has 3 heteroatoms. The van der Waals surface area contributed by atoms with Crippen molar-refractivity contribution in [3.63, 3.8) is 0 Å². The van der Waals surface area contributed by atoms with Crippen molar-refractivity contribution in [3.05, 3.63) is 0 Å². The molecule has 0 radical (unpaired) electrons. The van der Waals surface area contributed by atoms with E-state index in [1.54, 1.807) is 11.9 Å². The predicted molar refractivity (Wildman–Crippen MR) is 48.8 cm³/mol. The molecule has 3 nitrogen and oxygen atoms in total. The Morgan fingerprint density at radius 1 is 1.42 bits per heavy atom. The number of rotatable bonds is 5. The Morgan fingerprint density at radius 2 is 2.00 bits per heavy atom. The van der Waals surface area contributed by atoms with Gasteiger partial charge in [-0.2, -0.15) is 0 Å². The molecule has 0 aromatic carbocycles. The van der Waals surface area contributed by atoms with Crippen LogP contribution >= 0.6 is 0 Å². The summed E-state index contributed by atoms with van der Waals surface area (Å²) in [7, 11) is 1.81. The number of aliphatic hydroxyl groups is 1. The van der Waals surface area contributed by atoms with E-state index in [-0.39, 0.29) is 18.4 Å². The molecule has 0 fully saturated rings. The maximum absolute atomic E-state index is 11.3. The minimum atomic E-state index is 0.0733. The van der Waals surface area contributed by atoms with E-state index in [0.29, 0.717) is 0 Å². The van der Waals surface area contributed by atoms with Crippen LogP contribution in [0.1, 0.15) is 26.7 Å². The van der Waals surface area contributed by atoms with Crippen molar-refractivity contribution in [1.29, 1.82) is 0 Å². The van der Waals surface area contributed by atoms with E-state index in [0.717, 1.165) is 19.4 Å². The van der Waals surface area contributed by atoms with Gasteiger partial charge in [0.05, 0.1) is 0 Å². The summed E-state index contributed by atoms with van der Waals surface area (Å²) in [5, 5.41) is 8.52. The number of aliphatic hydroxyl groups excluding tert-OH is 1. The second-order valence-corrected chi connectivity index (χ2v) is 3.35. The van der Waals surface area contributed by atoms with E-state index in [1.807, 2.05) is 13.8 Å². The summed E-state index contributed by atoms with van der Waals surface area (Å²) < 4.78 is 0. The summed E-state index contributed by atoms with van der Waals surface area (Å²) in [6.07, 6.45) is 1.65. The molecule has 0 bridgehead atoms. The molecule has 72 valence electrons. The summed E-state index contributed by atoms with van der Waals surface area (Å²) in [4.78, 5) is 13.0. The summed E-state index contributed by atoms with van der Waals surface area (Å²) in [6.45, 7) is 4.75. The number of unbranched alkanes of at least 4 members (excludes halogenated alkanes) is 1. The van der Waals surface area contributed by atoms with Crippen LogP contribution in [-0.4, -0.2) is 36.1 Å². The van der Waals surface area contributed by atoms with Gasteiger partial charge < -0.3 is 10.0 Å². The molecule has 0 saturated carbocycles. The smallest absolute Gasteiger partial charge is 0.224 e. The van der Waals surface area contributed by atoms with Gasteiger partial charge >= 0.3 is 0 Å². The first kappa shape index (κ1) is 11.4. The number of carbonyl (C=O) groups excluding carboxylic acids is 1. The molecule has 0 unspecified atom stereocenters. The first-order chi connectivity index (χ1) is 5.59. The van der Waals surface area contributed by atoms with Crippen LogP contribution in [0.25, 0.3) is 0 Å². The first-order valence-electron chi connectivity index (χ1n) is 4.45. The van der Waals surface area contributed by atoms with Gasteiger partial charge in [-0.05, 0) is 12.8 Å². The molecular weight excluding hydrogens is 154 g/mol. The first-order valence-corrected chi connectivity index (χ1v) is 4.45. The van der Waals surface area contributed by atoms with E-state index in [1.165, 1.54) is 0 Å². The Bertz CT molecular complexity index is 134. The normalized spacial score (nSPS) is 10.4. The van der Waals surface area contributed by atoms with Crippen LogP contribution in [0.2, 0.25) is 0 Å². The predicted octanol–water partition coefficient (Wildman–Crippen LogP) is 0.873. The minimum absolute atomic E-state index is 0.0733. The van der Waals surface area contributed by atoms with Gasteiger partial charge in [-0.15, -0.1) is 0 Å². The quantitative estimate of drug-likeness (QED) is 0.627. The zero-order valence-electron chi connectivity index (χ0n) is 8.21. The lowest BCUT2D eigenvalue weighted by atomic mass is 10.2. The Hall–Kier alpha value is -0.570. The fraction of sp³-hybridized carbons (Fsp3) is 0.889. The molecule has 0 spiro atoms. The molecule has 0 heterocycles. The molecule has 1 N–H and O–H groups in total. The standard InChI is InChI=1S/C9H19NO2/c1-8(2)9(12)10(3)6-4-5-7-11/h8,11H,4-7H2,1-3H3. The number of hydrogen-bond donors (Lipinski definition) is 1. The second-order valence-electron chi connectivity index (χ2n) is 3.35. The summed E-state index contributed by atoms with van der Waals surface area (Å²) in [5.41, 5.74) is 0. The molecule has 0 atom stereocenters. The molecule has 0 aliphatic carbocycles. The van der Waals surface area contributed by atoms with Crippen molar-refractivity contribution < 1.29 is 9.90 Å². The highest BCUT2D eigenvalue weighted by molar-refractivity contribution is 5.77. The third kappa shape index (κ3) is 4.34. The summed E-state index contributed by atoms with van der Waals surface area (Å²) in [6, 6.07) is 0. The highest BCUT2D eigenvalue weighted by atomic mass is 16.2. The Labute approximate surface area is 74.4 Å². The van der Waals surface area contributed by atoms with Crippen molar-refractivity contribution in [1.82, 2.24) is 4.90 Å². The Morgan fingerprint density at radius 3 is 2.42 bits per heavy atom. The van der Waals surface area contributed by atoms with E-state index >= 15 is 0 Å². The SMILES string of the molecule is CC(C)C(=O)N(C)CCCCO. The molecule has 0 aliphatic heterocycles. The highest BCUT2D eigenvalue weighted by Gasteiger charge is 2.11. The molecule has 0 aliphatic rings. The highest BCUT2D eigenvalue weighted by Crippen LogP contribution is 2.00. The van der Waals surface area contributed by atoms with E-state index in [2.05, 4.69) is 0 Å². The van der Waals surface area contributed by atoms with Crippen LogP contribution in [-0.2, 0) is 4.79 Å². The third-order valence-electron chi connectivity index (χ3n) is 1.77. The van der Waals surface area contributed by atoms with Crippen LogP contribution in [0.5, 0.6) is 0 Å². The van der Waals surface area contributed by atoms with E-state index in [9.17, 15) is 4.79 Å². The Balaban J connectivity index is 3.57. The molecule has 0 aromatic heterocycles. The van der Waals surface area contributed by atoms with Crippen molar-refractivity contribution in [2.45, 2.75) is 26.7 Å². The van der Waals surface area contributed by atoms with Crippen LogP contribution in [0, 0.1) is 5.92 Å². The zero-order valence-corrected chi connectivity index (χ0v) is 8.21. The molecule has 12 heavy (non-hydrogen) atoms. The van der Waals surface area contributed by atoms with Crippen LogP contribution in [0.4, 0.5) is 0 Å². The van der Waals surface area contributed by atoms with Gasteiger partial charge in [-0.1, -0.05) is 13.8 Å².